The number of aromatic nitrogens is 2. The molecule has 2 N–H and O–H groups in total. The number of primary amides is 1. The van der Waals surface area contributed by atoms with E-state index in [1.165, 1.54) is 7.11 Å². The Kier molecular flexibility index (Phi) is 3.00. The molecule has 0 aromatic carbocycles. The van der Waals surface area contributed by atoms with Crippen LogP contribution in [0.1, 0.15) is 10.4 Å². The summed E-state index contributed by atoms with van der Waals surface area (Å²) in [6.45, 7) is 0. The van der Waals surface area contributed by atoms with Gasteiger partial charge >= 0.3 is 0 Å². The molecule has 0 aliphatic rings. The Morgan fingerprint density at radius 1 is 1.29 bits per heavy atom. The molecule has 2 aromatic rings. The average Bonchev–Trinajstić information content (AvgIpc) is 2.39. The summed E-state index contributed by atoms with van der Waals surface area (Å²) in [4.78, 5) is 19.5. The maximum atomic E-state index is 11.3. The van der Waals surface area contributed by atoms with Gasteiger partial charge in [-0.3, -0.25) is 9.78 Å². The number of ether oxygens (including phenoxy) is 1. The minimum absolute atomic E-state index is 0.375. The van der Waals surface area contributed by atoms with Gasteiger partial charge in [0, 0.05) is 24.0 Å². The molecule has 0 bridgehead atoms. The van der Waals surface area contributed by atoms with E-state index in [9.17, 15) is 4.79 Å². The number of hydrogen-bond acceptors (Lipinski definition) is 4. The summed E-state index contributed by atoms with van der Waals surface area (Å²) < 4.78 is 4.96. The number of hydrogen-bond donors (Lipinski definition) is 1. The van der Waals surface area contributed by atoms with Crippen LogP contribution in [0.3, 0.4) is 0 Å². The lowest BCUT2D eigenvalue weighted by molar-refractivity contribution is 0.100. The summed E-state index contributed by atoms with van der Waals surface area (Å²) in [6, 6.07) is 6.78. The normalized spacial score (nSPS) is 9.94. The van der Waals surface area contributed by atoms with E-state index in [1.807, 2.05) is 0 Å². The molecule has 5 nitrogen and oxygen atoms in total. The van der Waals surface area contributed by atoms with E-state index >= 15 is 0 Å². The van der Waals surface area contributed by atoms with E-state index in [2.05, 4.69) is 9.97 Å². The molecular formula is C12H11N3O2. The van der Waals surface area contributed by atoms with Crippen LogP contribution in [0.5, 0.6) is 5.88 Å². The second kappa shape index (κ2) is 4.61. The Bertz CT molecular complexity index is 538. The molecule has 0 aliphatic heterocycles. The second-order valence-corrected chi connectivity index (χ2v) is 3.35. The van der Waals surface area contributed by atoms with E-state index in [1.54, 1.807) is 36.7 Å². The quantitative estimate of drug-likeness (QED) is 0.859. The summed E-state index contributed by atoms with van der Waals surface area (Å²) in [5.74, 6) is -0.00535. The molecule has 0 saturated heterocycles. The van der Waals surface area contributed by atoms with Crippen LogP contribution in [0.15, 0.2) is 36.7 Å². The first-order valence-corrected chi connectivity index (χ1v) is 4.97. The number of methoxy groups -OCH3 is 1. The number of nitrogens with zero attached hydrogens (tertiary/aromatic N) is 2. The van der Waals surface area contributed by atoms with Crippen molar-refractivity contribution in [1.82, 2.24) is 9.97 Å². The molecule has 1 amide bonds. The van der Waals surface area contributed by atoms with Crippen LogP contribution in [-0.4, -0.2) is 23.0 Å². The Morgan fingerprint density at radius 2 is 2.12 bits per heavy atom. The zero-order valence-electron chi connectivity index (χ0n) is 9.25. The lowest BCUT2D eigenvalue weighted by Crippen LogP contribution is -2.13. The van der Waals surface area contributed by atoms with Gasteiger partial charge in [0.2, 0.25) is 5.88 Å². The minimum atomic E-state index is -0.510. The van der Waals surface area contributed by atoms with Crippen LogP contribution in [0.25, 0.3) is 11.3 Å². The van der Waals surface area contributed by atoms with Crippen molar-refractivity contribution in [2.24, 2.45) is 5.73 Å². The van der Waals surface area contributed by atoms with Crippen molar-refractivity contribution in [2.75, 3.05) is 7.11 Å². The highest BCUT2D eigenvalue weighted by molar-refractivity contribution is 5.98. The van der Waals surface area contributed by atoms with Gasteiger partial charge in [0.05, 0.1) is 18.4 Å². The fraction of sp³-hybridized carbons (Fsp3) is 0.0833. The third kappa shape index (κ3) is 2.23. The third-order valence-electron chi connectivity index (χ3n) is 2.29. The van der Waals surface area contributed by atoms with E-state index < -0.39 is 5.91 Å². The first kappa shape index (κ1) is 11.1. The number of carbonyl (C=O) groups is 1. The highest BCUT2D eigenvalue weighted by Gasteiger charge is 2.10. The molecule has 0 radical (unpaired) electrons. The second-order valence-electron chi connectivity index (χ2n) is 3.35. The van der Waals surface area contributed by atoms with Gasteiger partial charge in [-0.25, -0.2) is 4.98 Å². The van der Waals surface area contributed by atoms with Crippen LogP contribution in [0.2, 0.25) is 0 Å². The molecule has 2 aromatic heterocycles. The Labute approximate surface area is 98.3 Å². The van der Waals surface area contributed by atoms with Gasteiger partial charge in [0.25, 0.3) is 5.91 Å². The fourth-order valence-electron chi connectivity index (χ4n) is 1.48. The molecule has 5 heteroatoms. The van der Waals surface area contributed by atoms with Crippen LogP contribution in [-0.2, 0) is 0 Å². The molecular weight excluding hydrogens is 218 g/mol. The topological polar surface area (TPSA) is 78.1 Å². The van der Waals surface area contributed by atoms with Crippen molar-refractivity contribution < 1.29 is 9.53 Å². The van der Waals surface area contributed by atoms with E-state index in [-0.39, 0.29) is 0 Å². The van der Waals surface area contributed by atoms with Gasteiger partial charge in [-0.15, -0.1) is 0 Å². The summed E-state index contributed by atoms with van der Waals surface area (Å²) >= 11 is 0. The molecule has 86 valence electrons. The minimum Gasteiger partial charge on any atom is -0.481 e. The zero-order valence-corrected chi connectivity index (χ0v) is 9.25. The predicted molar refractivity (Wildman–Crippen MR) is 62.5 cm³/mol. The average molecular weight is 229 g/mol. The lowest BCUT2D eigenvalue weighted by atomic mass is 10.1. The molecule has 0 atom stereocenters. The highest BCUT2D eigenvalue weighted by Crippen LogP contribution is 2.21. The molecule has 2 rings (SSSR count). The number of carbonyl (C=O) groups excluding carboxylic acids is 1. The van der Waals surface area contributed by atoms with Crippen LogP contribution < -0.4 is 10.5 Å². The molecule has 0 unspecified atom stereocenters. The van der Waals surface area contributed by atoms with Gasteiger partial charge in [0.1, 0.15) is 0 Å². The molecule has 17 heavy (non-hydrogen) atoms. The number of amides is 1. The molecule has 0 aliphatic carbocycles. The third-order valence-corrected chi connectivity index (χ3v) is 2.29. The van der Waals surface area contributed by atoms with E-state index in [0.29, 0.717) is 17.1 Å². The maximum Gasteiger partial charge on any atom is 0.250 e. The summed E-state index contributed by atoms with van der Waals surface area (Å²) in [6.07, 6.45) is 3.19. The van der Waals surface area contributed by atoms with Gasteiger partial charge in [-0.1, -0.05) is 0 Å². The van der Waals surface area contributed by atoms with Gasteiger partial charge in [0.15, 0.2) is 0 Å². The van der Waals surface area contributed by atoms with Crippen LogP contribution in [0.4, 0.5) is 0 Å². The van der Waals surface area contributed by atoms with Crippen molar-refractivity contribution in [3.63, 3.8) is 0 Å². The fourth-order valence-corrected chi connectivity index (χ4v) is 1.48. The smallest absolute Gasteiger partial charge is 0.250 e. The van der Waals surface area contributed by atoms with Gasteiger partial charge in [-0.2, -0.15) is 0 Å². The van der Waals surface area contributed by atoms with E-state index in [4.69, 9.17) is 10.5 Å². The maximum absolute atomic E-state index is 11.3. The van der Waals surface area contributed by atoms with E-state index in [0.717, 1.165) is 5.56 Å². The monoisotopic (exact) mass is 229 g/mol. The summed E-state index contributed by atoms with van der Waals surface area (Å²) in [5.41, 5.74) is 6.90. The van der Waals surface area contributed by atoms with Gasteiger partial charge < -0.3 is 10.5 Å². The van der Waals surface area contributed by atoms with Crippen molar-refractivity contribution in [3.05, 3.63) is 42.2 Å². The largest absolute Gasteiger partial charge is 0.481 e. The van der Waals surface area contributed by atoms with Crippen molar-refractivity contribution >= 4 is 5.91 Å². The zero-order chi connectivity index (χ0) is 12.3. The number of nitrogens with two attached hydrogens (primary N) is 1. The van der Waals surface area contributed by atoms with Gasteiger partial charge in [-0.05, 0) is 18.2 Å². The standard InChI is InChI=1S/C12H11N3O2/c1-17-10-5-4-8(7-15-10)11-9(12(13)16)3-2-6-14-11/h2-7H,1H3,(H2,13,16). The highest BCUT2D eigenvalue weighted by atomic mass is 16.5. The number of pyridine rings is 2. The SMILES string of the molecule is COc1ccc(-c2ncccc2C(N)=O)cn1. The molecule has 0 fully saturated rings. The van der Waals surface area contributed by atoms with Crippen LogP contribution >= 0.6 is 0 Å². The predicted octanol–water partition coefficient (Wildman–Crippen LogP) is 1.25. The van der Waals surface area contributed by atoms with Crippen molar-refractivity contribution in [2.45, 2.75) is 0 Å². The number of rotatable bonds is 3. The van der Waals surface area contributed by atoms with Crippen LogP contribution in [0, 0.1) is 0 Å². The van der Waals surface area contributed by atoms with Crippen molar-refractivity contribution in [3.8, 4) is 17.1 Å². The summed E-state index contributed by atoms with van der Waals surface area (Å²) in [5, 5.41) is 0. The molecule has 0 saturated carbocycles. The summed E-state index contributed by atoms with van der Waals surface area (Å²) in [7, 11) is 1.54. The Morgan fingerprint density at radius 3 is 2.71 bits per heavy atom. The molecule has 2 heterocycles. The Balaban J connectivity index is 2.48. The first-order valence-electron chi connectivity index (χ1n) is 4.97. The lowest BCUT2D eigenvalue weighted by Gasteiger charge is -2.05. The van der Waals surface area contributed by atoms with Crippen molar-refractivity contribution in [1.29, 1.82) is 0 Å². The first-order chi connectivity index (χ1) is 8.22. The Hall–Kier alpha value is -2.43. The molecule has 0 spiro atoms.